The van der Waals surface area contributed by atoms with Gasteiger partial charge >= 0.3 is 6.18 Å². The van der Waals surface area contributed by atoms with Crippen molar-refractivity contribution in [3.63, 3.8) is 0 Å². The van der Waals surface area contributed by atoms with Gasteiger partial charge in [-0.15, -0.1) is 0 Å². The van der Waals surface area contributed by atoms with Gasteiger partial charge in [0.15, 0.2) is 11.8 Å². The van der Waals surface area contributed by atoms with Gasteiger partial charge in [-0.25, -0.2) is 9.98 Å². The zero-order valence-corrected chi connectivity index (χ0v) is 26.0. The quantitative estimate of drug-likeness (QED) is 0.283. The Morgan fingerprint density at radius 3 is 2.23 bits per heavy atom. The summed E-state index contributed by atoms with van der Waals surface area (Å²) in [5.74, 6) is -1.85. The molecule has 7 rings (SSSR count). The highest BCUT2D eigenvalue weighted by Crippen LogP contribution is 2.33. The number of fused-ring (bicyclic) bond motifs is 2. The average molecular weight is 674 g/mol. The molecule has 2 aromatic heterocycles. The van der Waals surface area contributed by atoms with Crippen molar-refractivity contribution in [1.29, 1.82) is 0 Å². The van der Waals surface area contributed by atoms with Crippen LogP contribution in [-0.2, 0) is 14.3 Å². The summed E-state index contributed by atoms with van der Waals surface area (Å²) in [6, 6.07) is 19.5. The molecule has 2 fully saturated rings. The van der Waals surface area contributed by atoms with E-state index in [2.05, 4.69) is 60.2 Å². The maximum absolute atomic E-state index is 10.5. The number of carboxylic acids is 1. The number of alkyl halides is 3. The third-order valence-corrected chi connectivity index (χ3v) is 8.47. The smallest absolute Gasteiger partial charge is 0.430 e. The summed E-state index contributed by atoms with van der Waals surface area (Å²) >= 11 is 6.64. The number of aromatic amines is 1. The summed E-state index contributed by atoms with van der Waals surface area (Å²) in [6.45, 7) is 6.99. The van der Waals surface area contributed by atoms with Gasteiger partial charge in [0.1, 0.15) is 30.8 Å². The van der Waals surface area contributed by atoms with Crippen LogP contribution in [-0.4, -0.2) is 94.8 Å². The molecule has 0 amide bonds. The van der Waals surface area contributed by atoms with Gasteiger partial charge < -0.3 is 34.2 Å². The van der Waals surface area contributed by atoms with Crippen LogP contribution in [0.4, 0.5) is 13.2 Å². The molecule has 2 aromatic carbocycles. The van der Waals surface area contributed by atoms with E-state index in [4.69, 9.17) is 45.7 Å². The van der Waals surface area contributed by atoms with Crippen LogP contribution in [0, 0.1) is 0 Å². The van der Waals surface area contributed by atoms with Crippen LogP contribution in [0.5, 0.6) is 6.01 Å². The van der Waals surface area contributed by atoms with E-state index in [-0.39, 0.29) is 24.9 Å². The van der Waals surface area contributed by atoms with Crippen molar-refractivity contribution in [2.75, 3.05) is 26.3 Å². The van der Waals surface area contributed by atoms with Crippen LogP contribution in [0.3, 0.4) is 0 Å². The Morgan fingerprint density at radius 1 is 1.02 bits per heavy atom. The number of carboxylic acid groups (broad SMARTS) is 1. The molecule has 4 aromatic rings. The normalized spacial score (nSPS) is 23.8. The zero-order valence-electron chi connectivity index (χ0n) is 25.3. The maximum Gasteiger partial charge on any atom is 0.430 e. The molecule has 2 saturated heterocycles. The van der Waals surface area contributed by atoms with Crippen LogP contribution in [0.25, 0.3) is 33.5 Å². The molecule has 3 aliphatic heterocycles. The SMILES string of the molecule is CC(C)[NH+]1CCN=C1c1ccc(-c2ccc(-c3nc4nc(O[C@@H]5CO[C@H]6[C@@H]5OC[C@H]6O)[nH]c4cc3Cl)cc2)cc1.O=C([O-])C(F)(F)F. The largest absolute Gasteiger partial charge is 0.542 e. The number of imidazole rings is 1. The summed E-state index contributed by atoms with van der Waals surface area (Å²) in [4.78, 5) is 27.4. The van der Waals surface area contributed by atoms with Crippen LogP contribution < -0.4 is 14.7 Å². The number of carbonyl (C=O) groups is 1. The lowest BCUT2D eigenvalue weighted by Gasteiger charge is -2.18. The molecule has 0 spiro atoms. The van der Waals surface area contributed by atoms with Crippen molar-refractivity contribution < 1.29 is 47.3 Å². The number of aliphatic hydroxyl groups excluding tert-OH is 1. The second kappa shape index (κ2) is 13.2. The summed E-state index contributed by atoms with van der Waals surface area (Å²) in [7, 11) is 0. The monoisotopic (exact) mass is 673 g/mol. The van der Waals surface area contributed by atoms with Crippen molar-refractivity contribution in [3.05, 3.63) is 65.2 Å². The highest BCUT2D eigenvalue weighted by molar-refractivity contribution is 6.33. The van der Waals surface area contributed by atoms with E-state index in [1.807, 2.05) is 18.2 Å². The predicted molar refractivity (Wildman–Crippen MR) is 163 cm³/mol. The number of pyridine rings is 1. The molecule has 0 aliphatic carbocycles. The number of H-pyrrole nitrogens is 1. The maximum atomic E-state index is 10.5. The van der Waals surface area contributed by atoms with Crippen molar-refractivity contribution >= 4 is 34.6 Å². The minimum Gasteiger partial charge on any atom is -0.542 e. The second-order valence-electron chi connectivity index (χ2n) is 11.7. The van der Waals surface area contributed by atoms with Gasteiger partial charge in [0.2, 0.25) is 5.84 Å². The first-order chi connectivity index (χ1) is 22.4. The zero-order chi connectivity index (χ0) is 33.5. The molecule has 0 saturated carbocycles. The van der Waals surface area contributed by atoms with Gasteiger partial charge in [0.25, 0.3) is 6.01 Å². The third kappa shape index (κ3) is 6.97. The molecule has 5 heterocycles. The van der Waals surface area contributed by atoms with E-state index in [1.165, 1.54) is 10.5 Å². The van der Waals surface area contributed by atoms with Crippen LogP contribution in [0.2, 0.25) is 5.02 Å². The highest BCUT2D eigenvalue weighted by atomic mass is 35.5. The molecule has 15 heteroatoms. The Bertz CT molecular complexity index is 1780. The van der Waals surface area contributed by atoms with Gasteiger partial charge in [-0.2, -0.15) is 18.2 Å². The number of hydrogen-bond acceptors (Lipinski definition) is 9. The summed E-state index contributed by atoms with van der Waals surface area (Å²) in [5.41, 5.74) is 6.16. The molecule has 1 unspecified atom stereocenters. The van der Waals surface area contributed by atoms with Crippen molar-refractivity contribution in [2.24, 2.45) is 4.99 Å². The molecule has 0 bridgehead atoms. The number of carbonyl (C=O) groups excluding carboxylic acids is 1. The van der Waals surface area contributed by atoms with Crippen LogP contribution in [0.1, 0.15) is 19.4 Å². The first-order valence-electron chi connectivity index (χ1n) is 14.9. The Kier molecular flexibility index (Phi) is 9.23. The van der Waals surface area contributed by atoms with E-state index in [1.54, 1.807) is 0 Å². The van der Waals surface area contributed by atoms with E-state index < -0.39 is 18.2 Å². The Hall–Kier alpha value is -4.08. The number of benzene rings is 2. The minimum atomic E-state index is -5.19. The second-order valence-corrected chi connectivity index (χ2v) is 12.1. The molecule has 11 nitrogen and oxygen atoms in total. The van der Waals surface area contributed by atoms with E-state index in [9.17, 15) is 18.3 Å². The number of nitrogens with one attached hydrogen (secondary N) is 2. The van der Waals surface area contributed by atoms with Gasteiger partial charge in [0, 0.05) is 5.56 Å². The molecule has 5 atom stereocenters. The van der Waals surface area contributed by atoms with Crippen molar-refractivity contribution in [3.8, 4) is 28.4 Å². The molecule has 0 radical (unpaired) electrons. The average Bonchev–Trinajstić information content (AvgIpc) is 3.83. The minimum absolute atomic E-state index is 0.244. The van der Waals surface area contributed by atoms with E-state index in [0.717, 1.165) is 35.6 Å². The van der Waals surface area contributed by atoms with Crippen LogP contribution in [0.15, 0.2) is 59.6 Å². The predicted octanol–water partition coefficient (Wildman–Crippen LogP) is 2.20. The Labute approximate surface area is 272 Å². The molecular weight excluding hydrogens is 643 g/mol. The lowest BCUT2D eigenvalue weighted by atomic mass is 10.0. The lowest BCUT2D eigenvalue weighted by Crippen LogP contribution is -3.16. The first kappa shape index (κ1) is 32.8. The van der Waals surface area contributed by atoms with Gasteiger partial charge in [-0.3, -0.25) is 4.90 Å². The molecule has 3 N–H and O–H groups in total. The molecule has 47 heavy (non-hydrogen) atoms. The van der Waals surface area contributed by atoms with Gasteiger partial charge in [-0.05, 0) is 43.2 Å². The molecular formula is C32H31ClF3N5O6. The highest BCUT2D eigenvalue weighted by Gasteiger charge is 2.48. The fourth-order valence-corrected chi connectivity index (χ4v) is 6.09. The number of halogens is 4. The van der Waals surface area contributed by atoms with Crippen molar-refractivity contribution in [1.82, 2.24) is 15.0 Å². The first-order valence-corrected chi connectivity index (χ1v) is 15.3. The van der Waals surface area contributed by atoms with E-state index in [0.29, 0.717) is 40.5 Å². The van der Waals surface area contributed by atoms with Gasteiger partial charge in [-0.1, -0.05) is 48.0 Å². The Morgan fingerprint density at radius 2 is 1.62 bits per heavy atom. The third-order valence-electron chi connectivity index (χ3n) is 8.18. The molecule has 248 valence electrons. The number of amidine groups is 1. The fourth-order valence-electron chi connectivity index (χ4n) is 5.83. The fraction of sp³-hybridized carbons (Fsp3) is 0.375. The summed E-state index contributed by atoms with van der Waals surface area (Å²) in [5, 5.41) is 19.3. The Balaban J connectivity index is 0.000000499. The van der Waals surface area contributed by atoms with Crippen molar-refractivity contribution in [2.45, 2.75) is 50.5 Å². The number of ether oxygens (including phenoxy) is 3. The summed E-state index contributed by atoms with van der Waals surface area (Å²) in [6.07, 6.45) is -6.88. The van der Waals surface area contributed by atoms with Crippen LogP contribution >= 0.6 is 11.6 Å². The number of nitrogens with zero attached hydrogens (tertiary/aromatic N) is 3. The number of aliphatic hydroxyl groups is 1. The molecule has 3 aliphatic rings. The topological polar surface area (TPSA) is 146 Å². The lowest BCUT2D eigenvalue weighted by molar-refractivity contribution is -0.821. The number of aliphatic carboxylic acids is 1. The standard InChI is InChI=1S/C30H30ClN5O4.C2HF3O2/c1-16(2)36-12-11-32-29(36)20-9-5-18(6-10-20)17-3-7-19(8-4-17)25-21(31)13-22-28(34-25)35-30(33-22)40-24-15-39-26-23(37)14-38-27(24)26;3-2(4,5)1(6)7/h3-10,13,16,23-24,26-27,37H,11-12,14-15H2,1-2H3,(H,33,34,35);(H,6,7)/t23-,24-,26-,27-;/m1./s1. The number of aromatic nitrogens is 3. The number of rotatable bonds is 6. The number of hydrogen-bond donors (Lipinski definition) is 3. The van der Waals surface area contributed by atoms with E-state index >= 15 is 0 Å². The number of quaternary nitrogens is 1. The summed E-state index contributed by atoms with van der Waals surface area (Å²) < 4.78 is 48.8. The van der Waals surface area contributed by atoms with Gasteiger partial charge in [0.05, 0.1) is 47.6 Å². The number of aliphatic imine (C=N–C) groups is 1.